The number of para-hydroxylation sites is 1. The number of aryl methyl sites for hydroxylation is 7. The lowest BCUT2D eigenvalue weighted by Crippen LogP contribution is -2.52. The molecule has 816 valence electrons. The van der Waals surface area contributed by atoms with Crippen LogP contribution in [0.3, 0.4) is 0 Å². The highest BCUT2D eigenvalue weighted by Crippen LogP contribution is 2.40. The first-order valence-electron chi connectivity index (χ1n) is 52.2. The van der Waals surface area contributed by atoms with Crippen molar-refractivity contribution >= 4 is 134 Å². The number of carboxylic acid groups (broad SMARTS) is 1. The van der Waals surface area contributed by atoms with Crippen LogP contribution in [0, 0.1) is 65.6 Å². The van der Waals surface area contributed by atoms with Crippen LogP contribution in [0.4, 0.5) is 39.3 Å². The Labute approximate surface area is 908 Å². The van der Waals surface area contributed by atoms with Gasteiger partial charge in [0.1, 0.15) is 33.0 Å². The minimum atomic E-state index is -1.07. The first-order chi connectivity index (χ1) is 71.6. The third kappa shape index (κ3) is 35.2. The number of ether oxygens (including phenoxy) is 3. The number of amides is 12. The molecule has 6 aliphatic heterocycles. The summed E-state index contributed by atoms with van der Waals surface area (Å²) in [7, 11) is 0. The summed E-state index contributed by atoms with van der Waals surface area (Å²) in [4.78, 5) is 148. The smallest absolute Gasteiger partial charge is 0.323 e. The Kier molecular flexibility index (Phi) is 44.6. The Balaban J connectivity index is 0.000000177. The van der Waals surface area contributed by atoms with E-state index in [9.17, 15) is 51.9 Å². The van der Waals surface area contributed by atoms with Gasteiger partial charge in [-0.1, -0.05) is 73.2 Å². The van der Waals surface area contributed by atoms with Crippen molar-refractivity contribution in [3.05, 3.63) is 205 Å². The number of rotatable bonds is 36. The molecule has 5 saturated heterocycles. The van der Waals surface area contributed by atoms with E-state index in [1.165, 1.54) is 23.8 Å². The number of aliphatic carboxylic acids is 1. The number of piperidine rings is 4. The third-order valence-corrected chi connectivity index (χ3v) is 31.1. The molecule has 8 aromatic rings. The van der Waals surface area contributed by atoms with E-state index in [1.807, 2.05) is 63.6 Å². The maximum atomic E-state index is 13.5. The molecule has 12 heterocycles. The molecule has 7 aliphatic rings. The number of halogens is 6. The number of carbonyl (C=O) groups is 9. The van der Waals surface area contributed by atoms with Crippen molar-refractivity contribution in [2.24, 2.45) is 5.41 Å². The minimum absolute atomic E-state index is 0.0179. The molecule has 0 spiro atoms. The molecule has 2 aromatic carbocycles. The van der Waals surface area contributed by atoms with E-state index >= 15 is 0 Å². The molecule has 33 nitrogen and oxygen atoms in total. The fourth-order valence-corrected chi connectivity index (χ4v) is 22.8. The standard InChI is InChI=1S/C30H42ClN5O4.C29H39ClFN5O3.C26H36FN5O2S.C24H31Cl2N5O4S/c1-19-16-25(31)33-21(3)26(19)28(37)32-13-10-20(2)35-14-11-22(12-15-35)36(17-30(4,5)6)29(38)34-23-8-7-9-24-27(23)40-18-39-24;1-19-17-26(30)33-21(3)27(19)28(37)32-13-10-20(2)35-14-11-24(12-15-35)36(18-25-5-4-16-39-25)29(38)34-23-8-6-22(31)7-9-23;1-17-14-23(27)29-19(3)24(17)25(33)28-10-6-18(2)31-11-7-22(8-12-31)32(15-20-9-13-35-16-20)26(34)30-21-4-5-21;1-15-11-19(25)29-22(26)21(15)23(34)27-7-3-16(2)30-8-4-18(5-9-30)31(13-17-6-10-36-14-17)24(35)28-12-20(32)33/h7-9,16,20,22H,10-15,17-18H2,1-6H3,(H,32,37)(H,34,38);6-9,17,20,24-25H,4-5,10-16,18H2,1-3H3,(H,32,37)(H,34,38);9,13-14,16,18,21-22H,4-8,10-12,15H2,1-3H3,(H,28,33)(H,30,34);6,10-11,14,16,18H,3-5,7-9,12-13H2,1-2H3,(H,27,34)(H,28,35)(H,32,33)/t20-;20-,25?;18-;16-/m1111/s1. The van der Waals surface area contributed by atoms with Crippen molar-refractivity contribution in [3.8, 4) is 11.5 Å². The fraction of sp³-hybridized carbons (Fsp3) is 0.550. The lowest BCUT2D eigenvalue weighted by molar-refractivity contribution is -0.135. The van der Waals surface area contributed by atoms with Gasteiger partial charge in [0.15, 0.2) is 11.5 Å². The van der Waals surface area contributed by atoms with Gasteiger partial charge >= 0.3 is 30.1 Å². The van der Waals surface area contributed by atoms with Crippen LogP contribution in [0.2, 0.25) is 20.6 Å². The lowest BCUT2D eigenvalue weighted by atomic mass is 9.93. The van der Waals surface area contributed by atoms with Gasteiger partial charge in [0.25, 0.3) is 23.6 Å². The van der Waals surface area contributed by atoms with Gasteiger partial charge in [0.2, 0.25) is 12.7 Å². The molecule has 5 atom stereocenters. The second-order valence-corrected chi connectivity index (χ2v) is 44.5. The van der Waals surface area contributed by atoms with Crippen molar-refractivity contribution in [1.82, 2.24) is 91.0 Å². The number of thiophene rings is 2. The summed E-state index contributed by atoms with van der Waals surface area (Å²) in [6, 6.07) is 23.2. The van der Waals surface area contributed by atoms with E-state index in [1.54, 1.807) is 92.5 Å². The average Bonchev–Trinajstić information content (AvgIpc) is 1.66. The first kappa shape index (κ1) is 118. The number of fused-ring (bicyclic) bond motifs is 1. The van der Waals surface area contributed by atoms with Gasteiger partial charge < -0.3 is 101 Å². The summed E-state index contributed by atoms with van der Waals surface area (Å²) >= 11 is 27.2. The van der Waals surface area contributed by atoms with E-state index in [-0.39, 0.29) is 118 Å². The Morgan fingerprint density at radius 1 is 0.473 bits per heavy atom. The monoisotopic (exact) mass is 2190 g/mol. The fourth-order valence-electron chi connectivity index (χ4n) is 20.3. The van der Waals surface area contributed by atoms with Gasteiger partial charge in [-0.15, -0.1) is 0 Å². The van der Waals surface area contributed by atoms with E-state index in [0.717, 1.165) is 178 Å². The van der Waals surface area contributed by atoms with Crippen LogP contribution in [0.5, 0.6) is 11.5 Å². The zero-order valence-electron chi connectivity index (χ0n) is 88.6. The number of pyridine rings is 4. The molecule has 1 saturated carbocycles. The van der Waals surface area contributed by atoms with Crippen molar-refractivity contribution in [2.75, 3.05) is 122 Å². The highest BCUT2D eigenvalue weighted by molar-refractivity contribution is 7.08. The second kappa shape index (κ2) is 56.8. The number of likely N-dealkylation sites (tertiary alicyclic amines) is 4. The summed E-state index contributed by atoms with van der Waals surface area (Å²) in [6.07, 6.45) is 14.4. The van der Waals surface area contributed by atoms with E-state index in [4.69, 9.17) is 65.7 Å². The molecule has 15 rings (SSSR count). The van der Waals surface area contributed by atoms with Crippen molar-refractivity contribution in [2.45, 2.75) is 273 Å². The molecule has 0 bridgehead atoms. The predicted molar refractivity (Wildman–Crippen MR) is 585 cm³/mol. The van der Waals surface area contributed by atoms with Crippen LogP contribution in [-0.4, -0.2) is 290 Å². The minimum Gasteiger partial charge on any atom is -0.480 e. The number of nitrogens with one attached hydrogen (secondary N) is 8. The molecule has 1 unspecified atom stereocenters. The predicted octanol–water partition coefficient (Wildman–Crippen LogP) is 19.1. The Bertz CT molecular complexity index is 5750. The second-order valence-electron chi connectivity index (χ2n) is 41.4. The summed E-state index contributed by atoms with van der Waals surface area (Å²) in [5.74, 6) is -1.46. The largest absolute Gasteiger partial charge is 0.480 e. The van der Waals surface area contributed by atoms with Crippen LogP contribution < -0.4 is 52.0 Å². The molecule has 6 fully saturated rings. The number of hydrogen-bond donors (Lipinski definition) is 9. The van der Waals surface area contributed by atoms with Crippen molar-refractivity contribution in [1.29, 1.82) is 0 Å². The normalized spacial score (nSPS) is 17.2. The number of hydrogen-bond acceptors (Lipinski definition) is 22. The number of benzene rings is 2. The summed E-state index contributed by atoms with van der Waals surface area (Å²) in [6.45, 7) is 39.6. The Morgan fingerprint density at radius 3 is 1.29 bits per heavy atom. The number of nitrogens with zero attached hydrogens (tertiary/aromatic N) is 12. The first-order valence-corrected chi connectivity index (χ1v) is 55.6. The number of anilines is 2. The quantitative estimate of drug-likeness (QED) is 0.0165. The molecule has 6 aromatic heterocycles. The van der Waals surface area contributed by atoms with Crippen molar-refractivity contribution < 1.29 is 71.2 Å². The van der Waals surface area contributed by atoms with Gasteiger partial charge in [0.05, 0.1) is 51.1 Å². The molecular weight excluding hydrogens is 2040 g/mol. The van der Waals surface area contributed by atoms with Gasteiger partial charge in [-0.25, -0.2) is 43.5 Å². The highest BCUT2D eigenvalue weighted by Gasteiger charge is 2.39. The van der Waals surface area contributed by atoms with Crippen LogP contribution in [0.25, 0.3) is 0 Å². The number of urea groups is 4. The molecule has 12 amide bonds. The molecule has 9 N–H and O–H groups in total. The molecule has 0 radical (unpaired) electrons. The van der Waals surface area contributed by atoms with Crippen LogP contribution in [0.1, 0.15) is 243 Å². The number of carboxylic acids is 1. The van der Waals surface area contributed by atoms with Gasteiger partial charge in [-0.2, -0.15) is 27.1 Å². The Hall–Kier alpha value is -10.7. The Morgan fingerprint density at radius 2 is 0.887 bits per heavy atom. The maximum absolute atomic E-state index is 13.5. The zero-order chi connectivity index (χ0) is 108. The molecule has 1 aliphatic carbocycles. The topological polar surface area (TPSA) is 375 Å². The summed E-state index contributed by atoms with van der Waals surface area (Å²) in [5.41, 5.74) is 9.93. The van der Waals surface area contributed by atoms with Gasteiger partial charge in [-0.05, 0) is 312 Å². The SMILES string of the molecule is Cc1cc(Cl)nc(C)c1C(=O)NCC[C@@H](C)N1CCC(N(CC(C)(C)C)C(=O)Nc2cccc3c2OCO3)CC1.Cc1cc(Cl)nc(C)c1C(=O)NCC[C@@H](C)N1CCC(N(CC2CCCO2)C(=O)Nc2ccc(F)cc2)CC1.Cc1cc(Cl)nc(Cl)c1C(=O)NCC[C@@H](C)N1CCC(N(Cc2ccsc2)C(=O)NCC(=O)O)CC1.Cc1cc(F)nc(C)c1C(=O)NCC[C@@H](C)N1CCC(N(Cc2ccsc2)C(=O)NC2CC2)CC1. The summed E-state index contributed by atoms with van der Waals surface area (Å²) < 4.78 is 43.6. The van der Waals surface area contributed by atoms with Gasteiger partial charge in [0, 0.05) is 171 Å². The maximum Gasteiger partial charge on any atom is 0.323 e. The molecule has 41 heteroatoms. The molecular formula is C109H148Cl4F2N20O13S2. The lowest BCUT2D eigenvalue weighted by Gasteiger charge is -2.42. The van der Waals surface area contributed by atoms with E-state index < -0.39 is 18.5 Å². The number of aromatic nitrogens is 4. The molecule has 150 heavy (non-hydrogen) atoms. The van der Waals surface area contributed by atoms with Crippen LogP contribution >= 0.6 is 69.1 Å². The van der Waals surface area contributed by atoms with Crippen molar-refractivity contribution in [3.63, 3.8) is 0 Å². The zero-order valence-corrected chi connectivity index (χ0v) is 93.3. The van der Waals surface area contributed by atoms with Crippen LogP contribution in [0.15, 0.2) is 100 Å². The average molecular weight is 2190 g/mol. The van der Waals surface area contributed by atoms with Gasteiger partial charge in [-0.3, -0.25) is 24.0 Å². The van der Waals surface area contributed by atoms with Crippen LogP contribution in [-0.2, 0) is 22.6 Å². The summed E-state index contributed by atoms with van der Waals surface area (Å²) in [5, 5.41) is 41.9. The third-order valence-electron chi connectivity index (χ3n) is 28.8. The van der Waals surface area contributed by atoms with E-state index in [0.29, 0.717) is 154 Å². The van der Waals surface area contributed by atoms with E-state index in [2.05, 4.69) is 147 Å². The number of carbonyl (C=O) groups excluding carboxylic acids is 8. The highest BCUT2D eigenvalue weighted by atomic mass is 35.5.